The number of aromatic nitrogens is 1. The number of nitrogens with zero attached hydrogens (tertiary/aromatic N) is 4. The van der Waals surface area contributed by atoms with E-state index in [1.807, 2.05) is 12.1 Å². The third kappa shape index (κ3) is 2.70. The summed E-state index contributed by atoms with van der Waals surface area (Å²) in [7, 11) is 0. The Morgan fingerprint density at radius 3 is 2.50 bits per heavy atom. The molecule has 0 radical (unpaired) electrons. The molecule has 0 fully saturated rings. The Kier molecular flexibility index (Phi) is 3.76. The van der Waals surface area contributed by atoms with Crippen LogP contribution in [0, 0.1) is 32.8 Å². The maximum Gasteiger partial charge on any atom is 0.281 e. The summed E-state index contributed by atoms with van der Waals surface area (Å²) in [6.07, 6.45) is 0. The fraction of sp³-hybridized carbons (Fsp3) is 0. The fourth-order valence-electron chi connectivity index (χ4n) is 2.25. The van der Waals surface area contributed by atoms with E-state index in [0.29, 0.717) is 16.8 Å². The average molecular weight is 316 g/mol. The summed E-state index contributed by atoms with van der Waals surface area (Å²) in [5, 5.41) is 32.9. The summed E-state index contributed by atoms with van der Waals surface area (Å²) >= 11 is 0. The first-order valence-corrected chi connectivity index (χ1v) is 6.78. The second-order valence-corrected chi connectivity index (χ2v) is 4.87. The lowest BCUT2D eigenvalue weighted by molar-refractivity contribution is -0.384. The second kappa shape index (κ2) is 6.03. The smallest absolute Gasteiger partial charge is 0.281 e. The van der Waals surface area contributed by atoms with E-state index in [4.69, 9.17) is 15.0 Å². The highest BCUT2D eigenvalue weighted by Crippen LogP contribution is 2.33. The molecule has 0 N–H and O–H groups in total. The molecule has 3 aromatic rings. The van der Waals surface area contributed by atoms with E-state index in [-0.39, 0.29) is 22.6 Å². The van der Waals surface area contributed by atoms with E-state index in [9.17, 15) is 10.1 Å². The molecule has 0 aliphatic heterocycles. The molecular weight excluding hydrogens is 308 g/mol. The number of nitro benzene ring substituents is 1. The number of hydrogen-bond acceptors (Lipinski definition) is 6. The van der Waals surface area contributed by atoms with Crippen molar-refractivity contribution in [2.75, 3.05) is 0 Å². The van der Waals surface area contributed by atoms with Crippen LogP contribution >= 0.6 is 0 Å². The van der Waals surface area contributed by atoms with Crippen LogP contribution in [0.25, 0.3) is 22.6 Å². The molecule has 1 aromatic heterocycles. The molecule has 7 heteroatoms. The van der Waals surface area contributed by atoms with Crippen molar-refractivity contribution in [2.24, 2.45) is 0 Å². The third-order valence-corrected chi connectivity index (χ3v) is 3.39. The first kappa shape index (κ1) is 14.9. The van der Waals surface area contributed by atoms with Crippen molar-refractivity contribution in [1.29, 1.82) is 10.5 Å². The molecule has 0 amide bonds. The minimum Gasteiger partial charge on any atom is -0.355 e. The number of benzene rings is 2. The number of nitriles is 2. The van der Waals surface area contributed by atoms with Crippen molar-refractivity contribution in [2.45, 2.75) is 0 Å². The lowest BCUT2D eigenvalue weighted by Gasteiger charge is -1.99. The van der Waals surface area contributed by atoms with Gasteiger partial charge in [0.15, 0.2) is 5.76 Å². The normalized spacial score (nSPS) is 9.92. The van der Waals surface area contributed by atoms with Gasteiger partial charge in [0, 0.05) is 17.7 Å². The zero-order chi connectivity index (χ0) is 17.1. The Morgan fingerprint density at radius 2 is 1.79 bits per heavy atom. The lowest BCUT2D eigenvalue weighted by Crippen LogP contribution is -1.92. The van der Waals surface area contributed by atoms with Gasteiger partial charge in [-0.3, -0.25) is 10.1 Å². The summed E-state index contributed by atoms with van der Waals surface area (Å²) in [6, 6.07) is 16.4. The van der Waals surface area contributed by atoms with E-state index in [2.05, 4.69) is 5.16 Å². The predicted molar refractivity (Wildman–Crippen MR) is 83.5 cm³/mol. The molecule has 3 rings (SSSR count). The predicted octanol–water partition coefficient (Wildman–Crippen LogP) is 3.66. The van der Waals surface area contributed by atoms with E-state index >= 15 is 0 Å². The van der Waals surface area contributed by atoms with E-state index in [1.54, 1.807) is 30.3 Å². The van der Waals surface area contributed by atoms with Crippen molar-refractivity contribution in [3.05, 3.63) is 69.8 Å². The lowest BCUT2D eigenvalue weighted by atomic mass is 10.1. The van der Waals surface area contributed by atoms with E-state index in [1.165, 1.54) is 18.2 Å². The highest BCUT2D eigenvalue weighted by atomic mass is 16.6. The number of rotatable bonds is 3. The highest BCUT2D eigenvalue weighted by Gasteiger charge is 2.20. The Morgan fingerprint density at radius 1 is 1.04 bits per heavy atom. The SMILES string of the molecule is N#Cc1cccc(-c2cc(-c3ccc(C#N)cc3[N+](=O)[O-])on2)c1. The molecule has 2 aromatic carbocycles. The molecule has 114 valence electrons. The quantitative estimate of drug-likeness (QED) is 0.537. The van der Waals surface area contributed by atoms with Crippen molar-refractivity contribution < 1.29 is 9.45 Å². The first-order valence-electron chi connectivity index (χ1n) is 6.78. The molecule has 0 saturated carbocycles. The van der Waals surface area contributed by atoms with Crippen LogP contribution in [0.5, 0.6) is 0 Å². The minimum absolute atomic E-state index is 0.187. The van der Waals surface area contributed by atoms with Gasteiger partial charge in [0.1, 0.15) is 5.69 Å². The minimum atomic E-state index is -0.575. The molecular formula is C17H8N4O3. The van der Waals surface area contributed by atoms with Gasteiger partial charge in [-0.1, -0.05) is 17.3 Å². The molecule has 0 atom stereocenters. The first-order chi connectivity index (χ1) is 11.6. The van der Waals surface area contributed by atoms with Gasteiger partial charge in [-0.25, -0.2) is 0 Å². The molecule has 0 spiro atoms. The summed E-state index contributed by atoms with van der Waals surface area (Å²) < 4.78 is 5.22. The Balaban J connectivity index is 2.07. The Labute approximate surface area is 136 Å². The largest absolute Gasteiger partial charge is 0.355 e. The van der Waals surface area contributed by atoms with Gasteiger partial charge in [0.05, 0.1) is 33.8 Å². The molecule has 24 heavy (non-hydrogen) atoms. The summed E-state index contributed by atoms with van der Waals surface area (Å²) in [5.74, 6) is 0.212. The van der Waals surface area contributed by atoms with Crippen LogP contribution in [0.15, 0.2) is 53.1 Å². The molecule has 0 aliphatic rings. The Hall–Kier alpha value is -3.97. The second-order valence-electron chi connectivity index (χ2n) is 4.87. The average Bonchev–Trinajstić information content (AvgIpc) is 3.11. The van der Waals surface area contributed by atoms with Crippen LogP contribution in [-0.4, -0.2) is 10.1 Å². The molecule has 1 heterocycles. The monoisotopic (exact) mass is 316 g/mol. The molecule has 0 bridgehead atoms. The van der Waals surface area contributed by atoms with Gasteiger partial charge in [-0.2, -0.15) is 10.5 Å². The van der Waals surface area contributed by atoms with Gasteiger partial charge < -0.3 is 4.52 Å². The van der Waals surface area contributed by atoms with E-state index < -0.39 is 4.92 Å². The van der Waals surface area contributed by atoms with Crippen molar-refractivity contribution in [3.63, 3.8) is 0 Å². The van der Waals surface area contributed by atoms with Gasteiger partial charge in [-0.15, -0.1) is 0 Å². The van der Waals surface area contributed by atoms with Crippen molar-refractivity contribution >= 4 is 5.69 Å². The van der Waals surface area contributed by atoms with Crippen molar-refractivity contribution in [3.8, 4) is 34.7 Å². The van der Waals surface area contributed by atoms with Crippen LogP contribution < -0.4 is 0 Å². The number of hydrogen-bond donors (Lipinski definition) is 0. The van der Waals surface area contributed by atoms with E-state index in [0.717, 1.165) is 0 Å². The molecule has 0 saturated heterocycles. The van der Waals surface area contributed by atoms with Gasteiger partial charge in [-0.05, 0) is 24.3 Å². The number of nitro groups is 1. The molecule has 0 aliphatic carbocycles. The van der Waals surface area contributed by atoms with Crippen LogP contribution in [0.4, 0.5) is 5.69 Å². The molecule has 0 unspecified atom stereocenters. The van der Waals surface area contributed by atoms with Gasteiger partial charge in [0.2, 0.25) is 0 Å². The van der Waals surface area contributed by atoms with Crippen LogP contribution in [-0.2, 0) is 0 Å². The standard InChI is InChI=1S/C17H8N4O3/c18-9-11-2-1-3-13(6-11)15-8-17(24-20-15)14-5-4-12(10-19)7-16(14)21(22)23/h1-8H. The molecule has 7 nitrogen and oxygen atoms in total. The highest BCUT2D eigenvalue weighted by molar-refractivity contribution is 5.74. The third-order valence-electron chi connectivity index (χ3n) is 3.39. The van der Waals surface area contributed by atoms with Crippen molar-refractivity contribution in [1.82, 2.24) is 5.16 Å². The van der Waals surface area contributed by atoms with Crippen LogP contribution in [0.2, 0.25) is 0 Å². The maximum absolute atomic E-state index is 11.2. The fourth-order valence-corrected chi connectivity index (χ4v) is 2.25. The van der Waals surface area contributed by atoms with Crippen LogP contribution in [0.3, 0.4) is 0 Å². The van der Waals surface area contributed by atoms with Gasteiger partial charge >= 0.3 is 0 Å². The zero-order valence-electron chi connectivity index (χ0n) is 12.1. The zero-order valence-corrected chi connectivity index (χ0v) is 12.1. The Bertz CT molecular complexity index is 1020. The maximum atomic E-state index is 11.2. The van der Waals surface area contributed by atoms with Crippen LogP contribution in [0.1, 0.15) is 11.1 Å². The summed E-state index contributed by atoms with van der Waals surface area (Å²) in [5.41, 5.74) is 1.78. The van der Waals surface area contributed by atoms with Gasteiger partial charge in [0.25, 0.3) is 5.69 Å². The summed E-state index contributed by atoms with van der Waals surface area (Å²) in [4.78, 5) is 10.6. The summed E-state index contributed by atoms with van der Waals surface area (Å²) in [6.45, 7) is 0. The topological polar surface area (TPSA) is 117 Å².